The molecule has 0 unspecified atom stereocenters. The minimum absolute atomic E-state index is 0.00222. The fourth-order valence-corrected chi connectivity index (χ4v) is 2.65. The second kappa shape index (κ2) is 5.80. The Bertz CT molecular complexity index is 596. The molecule has 1 amide bonds. The Kier molecular flexibility index (Phi) is 4.12. The summed E-state index contributed by atoms with van der Waals surface area (Å²) < 4.78 is 0. The Hall–Kier alpha value is -1.94. The standard InChI is InChI=1S/C15H16N2OS/c1-17(2)15(18)11-7-3-5-9-13(11)19-14-10-6-4-8-12(14)16/h3-10H,16H2,1-2H3. The van der Waals surface area contributed by atoms with E-state index in [1.165, 1.54) is 11.8 Å². The Labute approximate surface area is 117 Å². The number of anilines is 1. The first kappa shape index (κ1) is 13.5. The van der Waals surface area contributed by atoms with Crippen LogP contribution in [0.2, 0.25) is 0 Å². The summed E-state index contributed by atoms with van der Waals surface area (Å²) in [7, 11) is 3.50. The lowest BCUT2D eigenvalue weighted by atomic mass is 10.2. The number of nitrogens with two attached hydrogens (primary N) is 1. The van der Waals surface area contributed by atoms with E-state index in [-0.39, 0.29) is 5.91 Å². The average Bonchev–Trinajstić information content (AvgIpc) is 2.41. The number of benzene rings is 2. The van der Waals surface area contributed by atoms with Crippen LogP contribution >= 0.6 is 11.8 Å². The zero-order chi connectivity index (χ0) is 13.8. The molecule has 0 saturated carbocycles. The highest BCUT2D eigenvalue weighted by Crippen LogP contribution is 2.34. The van der Waals surface area contributed by atoms with Crippen LogP contribution in [0.1, 0.15) is 10.4 Å². The van der Waals surface area contributed by atoms with Gasteiger partial charge in [0, 0.05) is 29.6 Å². The second-order valence-electron chi connectivity index (χ2n) is 4.34. The van der Waals surface area contributed by atoms with E-state index in [0.29, 0.717) is 5.56 Å². The molecule has 0 spiro atoms. The zero-order valence-electron chi connectivity index (χ0n) is 11.0. The molecule has 0 aliphatic rings. The largest absolute Gasteiger partial charge is 0.398 e. The van der Waals surface area contributed by atoms with E-state index < -0.39 is 0 Å². The molecule has 0 bridgehead atoms. The van der Waals surface area contributed by atoms with Gasteiger partial charge in [-0.1, -0.05) is 36.0 Å². The lowest BCUT2D eigenvalue weighted by molar-refractivity contribution is 0.0824. The number of carbonyl (C=O) groups is 1. The van der Waals surface area contributed by atoms with Crippen LogP contribution in [0.25, 0.3) is 0 Å². The van der Waals surface area contributed by atoms with Crippen LogP contribution in [-0.4, -0.2) is 24.9 Å². The first-order valence-corrected chi connectivity index (χ1v) is 6.74. The van der Waals surface area contributed by atoms with Crippen molar-refractivity contribution in [2.45, 2.75) is 9.79 Å². The van der Waals surface area contributed by atoms with Crippen molar-refractivity contribution in [2.75, 3.05) is 19.8 Å². The maximum Gasteiger partial charge on any atom is 0.254 e. The van der Waals surface area contributed by atoms with Gasteiger partial charge in [-0.3, -0.25) is 4.79 Å². The van der Waals surface area contributed by atoms with E-state index in [0.717, 1.165) is 15.5 Å². The number of rotatable bonds is 3. The molecule has 0 fully saturated rings. The molecular weight excluding hydrogens is 256 g/mol. The van der Waals surface area contributed by atoms with Crippen molar-refractivity contribution < 1.29 is 4.79 Å². The van der Waals surface area contributed by atoms with Crippen LogP contribution < -0.4 is 5.73 Å². The average molecular weight is 272 g/mol. The third kappa shape index (κ3) is 3.09. The zero-order valence-corrected chi connectivity index (χ0v) is 11.8. The number of hydrogen-bond acceptors (Lipinski definition) is 3. The maximum absolute atomic E-state index is 12.1. The Balaban J connectivity index is 2.36. The van der Waals surface area contributed by atoms with Crippen LogP contribution in [-0.2, 0) is 0 Å². The molecule has 0 radical (unpaired) electrons. The van der Waals surface area contributed by atoms with E-state index in [1.54, 1.807) is 19.0 Å². The Morgan fingerprint density at radius 3 is 2.21 bits per heavy atom. The molecule has 0 atom stereocenters. The molecule has 0 saturated heterocycles. The molecular formula is C15H16N2OS. The lowest BCUT2D eigenvalue weighted by Crippen LogP contribution is -2.22. The number of para-hydroxylation sites is 1. The van der Waals surface area contributed by atoms with Gasteiger partial charge in [0.2, 0.25) is 0 Å². The van der Waals surface area contributed by atoms with Crippen LogP contribution in [0.3, 0.4) is 0 Å². The SMILES string of the molecule is CN(C)C(=O)c1ccccc1Sc1ccccc1N. The molecule has 0 heterocycles. The number of carbonyl (C=O) groups excluding carboxylic acids is 1. The van der Waals surface area contributed by atoms with Gasteiger partial charge in [-0.15, -0.1) is 0 Å². The van der Waals surface area contributed by atoms with Crippen LogP contribution in [0.15, 0.2) is 58.3 Å². The minimum Gasteiger partial charge on any atom is -0.398 e. The fraction of sp³-hybridized carbons (Fsp3) is 0.133. The van der Waals surface area contributed by atoms with E-state index in [9.17, 15) is 4.79 Å². The van der Waals surface area contributed by atoms with Crippen LogP contribution in [0.5, 0.6) is 0 Å². The summed E-state index contributed by atoms with van der Waals surface area (Å²) in [5.41, 5.74) is 7.36. The highest BCUT2D eigenvalue weighted by Gasteiger charge is 2.14. The maximum atomic E-state index is 12.1. The Morgan fingerprint density at radius 2 is 1.58 bits per heavy atom. The van der Waals surface area contributed by atoms with Crippen LogP contribution in [0, 0.1) is 0 Å². The summed E-state index contributed by atoms with van der Waals surface area (Å²) in [5, 5.41) is 0. The summed E-state index contributed by atoms with van der Waals surface area (Å²) in [6.45, 7) is 0. The van der Waals surface area contributed by atoms with Gasteiger partial charge in [-0.2, -0.15) is 0 Å². The van der Waals surface area contributed by atoms with E-state index in [1.807, 2.05) is 48.5 Å². The quantitative estimate of drug-likeness (QED) is 0.873. The van der Waals surface area contributed by atoms with E-state index >= 15 is 0 Å². The molecule has 2 N–H and O–H groups in total. The molecule has 2 aromatic rings. The third-order valence-corrected chi connectivity index (χ3v) is 3.83. The van der Waals surface area contributed by atoms with Gasteiger partial charge in [0.25, 0.3) is 5.91 Å². The van der Waals surface area contributed by atoms with Gasteiger partial charge in [0.15, 0.2) is 0 Å². The number of amides is 1. The van der Waals surface area contributed by atoms with Crippen molar-refractivity contribution >= 4 is 23.4 Å². The van der Waals surface area contributed by atoms with Crippen molar-refractivity contribution in [3.63, 3.8) is 0 Å². The van der Waals surface area contributed by atoms with Crippen molar-refractivity contribution in [1.82, 2.24) is 4.90 Å². The molecule has 19 heavy (non-hydrogen) atoms. The highest BCUT2D eigenvalue weighted by molar-refractivity contribution is 7.99. The first-order chi connectivity index (χ1) is 9.09. The van der Waals surface area contributed by atoms with Gasteiger partial charge in [0.1, 0.15) is 0 Å². The van der Waals surface area contributed by atoms with Crippen molar-refractivity contribution in [1.29, 1.82) is 0 Å². The van der Waals surface area contributed by atoms with Crippen molar-refractivity contribution in [2.24, 2.45) is 0 Å². The Morgan fingerprint density at radius 1 is 1.00 bits per heavy atom. The molecule has 3 nitrogen and oxygen atoms in total. The third-order valence-electron chi connectivity index (χ3n) is 2.66. The normalized spacial score (nSPS) is 10.2. The highest BCUT2D eigenvalue weighted by atomic mass is 32.2. The number of hydrogen-bond donors (Lipinski definition) is 1. The predicted octanol–water partition coefficient (Wildman–Crippen LogP) is 3.12. The summed E-state index contributed by atoms with van der Waals surface area (Å²) in [5.74, 6) is -0.00222. The molecule has 0 aliphatic heterocycles. The summed E-state index contributed by atoms with van der Waals surface area (Å²) in [6.07, 6.45) is 0. The van der Waals surface area contributed by atoms with E-state index in [2.05, 4.69) is 0 Å². The second-order valence-corrected chi connectivity index (χ2v) is 5.42. The predicted molar refractivity (Wildman–Crippen MR) is 79.4 cm³/mol. The van der Waals surface area contributed by atoms with Gasteiger partial charge in [0.05, 0.1) is 5.56 Å². The summed E-state index contributed by atoms with van der Waals surface area (Å²) in [6, 6.07) is 15.2. The van der Waals surface area contributed by atoms with Gasteiger partial charge in [-0.05, 0) is 24.3 Å². The van der Waals surface area contributed by atoms with Gasteiger partial charge >= 0.3 is 0 Å². The lowest BCUT2D eigenvalue weighted by Gasteiger charge is -2.14. The molecule has 0 aliphatic carbocycles. The number of nitrogen functional groups attached to an aromatic ring is 1. The topological polar surface area (TPSA) is 46.3 Å². The van der Waals surface area contributed by atoms with Crippen molar-refractivity contribution in [3.8, 4) is 0 Å². The minimum atomic E-state index is -0.00222. The molecule has 98 valence electrons. The molecule has 2 rings (SSSR count). The van der Waals surface area contributed by atoms with Crippen molar-refractivity contribution in [3.05, 3.63) is 54.1 Å². The van der Waals surface area contributed by atoms with Gasteiger partial charge < -0.3 is 10.6 Å². The molecule has 2 aromatic carbocycles. The molecule has 0 aromatic heterocycles. The van der Waals surface area contributed by atoms with Gasteiger partial charge in [-0.25, -0.2) is 0 Å². The smallest absolute Gasteiger partial charge is 0.254 e. The fourth-order valence-electron chi connectivity index (χ4n) is 1.67. The molecule has 4 heteroatoms. The van der Waals surface area contributed by atoms with Crippen LogP contribution in [0.4, 0.5) is 5.69 Å². The summed E-state index contributed by atoms with van der Waals surface area (Å²) >= 11 is 1.51. The monoisotopic (exact) mass is 272 g/mol. The number of nitrogens with zero attached hydrogens (tertiary/aromatic N) is 1. The summed E-state index contributed by atoms with van der Waals surface area (Å²) in [4.78, 5) is 15.6. The van der Waals surface area contributed by atoms with E-state index in [4.69, 9.17) is 5.73 Å². The first-order valence-electron chi connectivity index (χ1n) is 5.92.